The standard InChI is InChI=1S/C23H22N2OS/c1-16-10-12-18(13-11-16)24-23-25(19-7-3-4-8-19)20(15-27-23)22-14-17-6-2-5-9-21(17)26-22/h2,5-6,9-15,19H,3-4,7-8H2,1H3. The number of furan rings is 1. The summed E-state index contributed by atoms with van der Waals surface area (Å²) >= 11 is 1.70. The van der Waals surface area contributed by atoms with Gasteiger partial charge in [-0.3, -0.25) is 0 Å². The second-order valence-corrected chi connectivity index (χ2v) is 8.14. The fourth-order valence-electron chi connectivity index (χ4n) is 3.94. The van der Waals surface area contributed by atoms with Gasteiger partial charge in [0.1, 0.15) is 5.58 Å². The van der Waals surface area contributed by atoms with Gasteiger partial charge in [-0.1, -0.05) is 48.7 Å². The van der Waals surface area contributed by atoms with Gasteiger partial charge in [0.05, 0.1) is 11.4 Å². The van der Waals surface area contributed by atoms with Crippen LogP contribution >= 0.6 is 11.3 Å². The Morgan fingerprint density at radius 3 is 2.59 bits per heavy atom. The maximum Gasteiger partial charge on any atom is 0.190 e. The number of nitrogens with zero attached hydrogens (tertiary/aromatic N) is 2. The van der Waals surface area contributed by atoms with Crippen molar-refractivity contribution in [3.8, 4) is 11.5 Å². The van der Waals surface area contributed by atoms with Gasteiger partial charge in [-0.05, 0) is 44.0 Å². The van der Waals surface area contributed by atoms with Crippen molar-refractivity contribution in [3.63, 3.8) is 0 Å². The molecule has 2 heterocycles. The van der Waals surface area contributed by atoms with Gasteiger partial charge in [0.2, 0.25) is 0 Å². The Kier molecular flexibility index (Phi) is 4.21. The molecule has 2 aromatic carbocycles. The maximum atomic E-state index is 6.18. The lowest BCUT2D eigenvalue weighted by molar-refractivity contribution is 0.503. The molecule has 3 nitrogen and oxygen atoms in total. The fraction of sp³-hybridized carbons (Fsp3) is 0.261. The van der Waals surface area contributed by atoms with Crippen LogP contribution in [0.1, 0.15) is 37.3 Å². The molecule has 1 aliphatic rings. The van der Waals surface area contributed by atoms with Crippen LogP contribution in [-0.4, -0.2) is 4.57 Å². The van der Waals surface area contributed by atoms with E-state index in [1.54, 1.807) is 11.3 Å². The zero-order valence-electron chi connectivity index (χ0n) is 15.4. The van der Waals surface area contributed by atoms with E-state index in [1.165, 1.54) is 31.2 Å². The van der Waals surface area contributed by atoms with Gasteiger partial charge in [0, 0.05) is 16.8 Å². The lowest BCUT2D eigenvalue weighted by Gasteiger charge is -2.14. The Hall–Kier alpha value is -2.59. The van der Waals surface area contributed by atoms with Gasteiger partial charge >= 0.3 is 0 Å². The summed E-state index contributed by atoms with van der Waals surface area (Å²) in [6, 6.07) is 19.3. The molecule has 0 aliphatic heterocycles. The zero-order valence-corrected chi connectivity index (χ0v) is 16.2. The fourth-order valence-corrected chi connectivity index (χ4v) is 4.90. The van der Waals surface area contributed by atoms with Crippen molar-refractivity contribution in [2.45, 2.75) is 38.6 Å². The van der Waals surface area contributed by atoms with Crippen LogP contribution in [0.4, 0.5) is 5.69 Å². The minimum Gasteiger partial charge on any atom is -0.454 e. The van der Waals surface area contributed by atoms with Crippen molar-refractivity contribution in [3.05, 3.63) is 70.3 Å². The van der Waals surface area contributed by atoms with Crippen LogP contribution in [0.25, 0.3) is 22.4 Å². The SMILES string of the molecule is Cc1ccc(N=c2scc(-c3cc4ccccc4o3)n2C2CCCC2)cc1. The molecule has 4 heteroatoms. The minimum atomic E-state index is 0.503. The van der Waals surface area contributed by atoms with E-state index in [2.05, 4.69) is 59.3 Å². The predicted molar refractivity (Wildman–Crippen MR) is 111 cm³/mol. The summed E-state index contributed by atoms with van der Waals surface area (Å²) in [7, 11) is 0. The number of rotatable bonds is 3. The highest BCUT2D eigenvalue weighted by atomic mass is 32.1. The Morgan fingerprint density at radius 2 is 1.81 bits per heavy atom. The van der Waals surface area contributed by atoms with Crippen molar-refractivity contribution in [2.75, 3.05) is 0 Å². The first-order valence-electron chi connectivity index (χ1n) is 9.58. The monoisotopic (exact) mass is 374 g/mol. The van der Waals surface area contributed by atoms with Crippen molar-refractivity contribution >= 4 is 28.0 Å². The van der Waals surface area contributed by atoms with Crippen LogP contribution in [0, 0.1) is 6.92 Å². The summed E-state index contributed by atoms with van der Waals surface area (Å²) < 4.78 is 8.59. The number of thiazole rings is 1. The average molecular weight is 375 g/mol. The molecule has 0 atom stereocenters. The van der Waals surface area contributed by atoms with E-state index in [9.17, 15) is 0 Å². The van der Waals surface area contributed by atoms with Crippen LogP contribution in [-0.2, 0) is 0 Å². The lowest BCUT2D eigenvalue weighted by atomic mass is 10.2. The zero-order chi connectivity index (χ0) is 18.2. The normalized spacial score (nSPS) is 15.8. The predicted octanol–water partition coefficient (Wildman–Crippen LogP) is 6.62. The first-order chi connectivity index (χ1) is 13.3. The summed E-state index contributed by atoms with van der Waals surface area (Å²) in [5, 5.41) is 3.34. The van der Waals surface area contributed by atoms with E-state index in [0.717, 1.165) is 32.9 Å². The van der Waals surface area contributed by atoms with E-state index < -0.39 is 0 Å². The average Bonchev–Trinajstić information content (AvgIpc) is 3.42. The number of aryl methyl sites for hydroxylation is 1. The van der Waals surface area contributed by atoms with Crippen LogP contribution in [0.3, 0.4) is 0 Å². The molecule has 1 fully saturated rings. The largest absolute Gasteiger partial charge is 0.454 e. The number of benzene rings is 2. The van der Waals surface area contributed by atoms with E-state index in [0.29, 0.717) is 6.04 Å². The van der Waals surface area contributed by atoms with Crippen LogP contribution in [0.5, 0.6) is 0 Å². The van der Waals surface area contributed by atoms with Crippen LogP contribution in [0.2, 0.25) is 0 Å². The Bertz CT molecular complexity index is 1110. The van der Waals surface area contributed by atoms with E-state index in [-0.39, 0.29) is 0 Å². The first-order valence-corrected chi connectivity index (χ1v) is 10.5. The van der Waals surface area contributed by atoms with Crippen molar-refractivity contribution in [1.82, 2.24) is 4.57 Å². The molecule has 2 aromatic heterocycles. The third-order valence-electron chi connectivity index (χ3n) is 5.37. The third kappa shape index (κ3) is 3.15. The number of hydrogen-bond acceptors (Lipinski definition) is 3. The molecule has 0 bridgehead atoms. The molecule has 27 heavy (non-hydrogen) atoms. The molecule has 1 saturated carbocycles. The lowest BCUT2D eigenvalue weighted by Crippen LogP contribution is -2.19. The van der Waals surface area contributed by atoms with Gasteiger partial charge in [-0.15, -0.1) is 11.3 Å². The van der Waals surface area contributed by atoms with Gasteiger partial charge < -0.3 is 8.98 Å². The maximum absolute atomic E-state index is 6.18. The van der Waals surface area contributed by atoms with Crippen molar-refractivity contribution in [2.24, 2.45) is 4.99 Å². The molecular formula is C23H22N2OS. The second-order valence-electron chi connectivity index (χ2n) is 7.31. The van der Waals surface area contributed by atoms with Gasteiger partial charge in [-0.2, -0.15) is 0 Å². The molecule has 0 spiro atoms. The van der Waals surface area contributed by atoms with Crippen LogP contribution < -0.4 is 4.80 Å². The minimum absolute atomic E-state index is 0.503. The van der Waals surface area contributed by atoms with E-state index in [4.69, 9.17) is 9.41 Å². The van der Waals surface area contributed by atoms with Crippen molar-refractivity contribution in [1.29, 1.82) is 0 Å². The second kappa shape index (κ2) is 6.86. The first kappa shape index (κ1) is 16.6. The Labute approximate surface area is 162 Å². The number of para-hydroxylation sites is 1. The summed E-state index contributed by atoms with van der Waals surface area (Å²) in [6.45, 7) is 2.10. The smallest absolute Gasteiger partial charge is 0.190 e. The summed E-state index contributed by atoms with van der Waals surface area (Å²) in [5.74, 6) is 0.935. The van der Waals surface area contributed by atoms with Gasteiger partial charge in [-0.25, -0.2) is 4.99 Å². The van der Waals surface area contributed by atoms with Crippen molar-refractivity contribution < 1.29 is 4.42 Å². The highest BCUT2D eigenvalue weighted by molar-refractivity contribution is 7.07. The molecule has 0 amide bonds. The number of fused-ring (bicyclic) bond motifs is 1. The molecule has 0 radical (unpaired) electrons. The van der Waals surface area contributed by atoms with E-state index >= 15 is 0 Å². The van der Waals surface area contributed by atoms with E-state index in [1.807, 2.05) is 12.1 Å². The third-order valence-corrected chi connectivity index (χ3v) is 6.21. The molecule has 5 rings (SSSR count). The highest BCUT2D eigenvalue weighted by Gasteiger charge is 2.23. The summed E-state index contributed by atoms with van der Waals surface area (Å²) in [5.41, 5.74) is 4.35. The molecule has 136 valence electrons. The van der Waals surface area contributed by atoms with Gasteiger partial charge in [0.25, 0.3) is 0 Å². The molecule has 1 aliphatic carbocycles. The molecular weight excluding hydrogens is 352 g/mol. The number of hydrogen-bond donors (Lipinski definition) is 0. The van der Waals surface area contributed by atoms with Gasteiger partial charge in [0.15, 0.2) is 10.6 Å². The molecule has 0 saturated heterocycles. The molecule has 4 aromatic rings. The number of aromatic nitrogens is 1. The Morgan fingerprint density at radius 1 is 1.04 bits per heavy atom. The molecule has 0 unspecified atom stereocenters. The summed E-state index contributed by atoms with van der Waals surface area (Å²) in [4.78, 5) is 6.02. The quantitative estimate of drug-likeness (QED) is 0.396. The summed E-state index contributed by atoms with van der Waals surface area (Å²) in [6.07, 6.45) is 5.00. The highest BCUT2D eigenvalue weighted by Crippen LogP contribution is 2.35. The van der Waals surface area contributed by atoms with Crippen LogP contribution in [0.15, 0.2) is 69.4 Å². The topological polar surface area (TPSA) is 30.4 Å². The molecule has 0 N–H and O–H groups in total. The Balaban J connectivity index is 1.67.